The van der Waals surface area contributed by atoms with E-state index >= 15 is 0 Å². The zero-order valence-electron chi connectivity index (χ0n) is 4.66. The molecule has 0 spiro atoms. The molecule has 0 aromatic heterocycles. The van der Waals surface area contributed by atoms with Crippen molar-refractivity contribution in [1.29, 1.82) is 0 Å². The second-order valence-corrected chi connectivity index (χ2v) is 1.19. The van der Waals surface area contributed by atoms with Crippen LogP contribution in [-0.2, 0) is 4.79 Å². The van der Waals surface area contributed by atoms with E-state index in [2.05, 4.69) is 4.99 Å². The third-order valence-electron chi connectivity index (χ3n) is 0.552. The van der Waals surface area contributed by atoms with E-state index < -0.39 is 0 Å². The first-order chi connectivity index (χ1) is 3.81. The fraction of sp³-hybridized carbons (Fsp3) is 0.200. The SMILES string of the molecule is CN=CC=C(N)C=O. The fourth-order valence-electron chi connectivity index (χ4n) is 0.200. The van der Waals surface area contributed by atoms with Crippen molar-refractivity contribution in [3.63, 3.8) is 0 Å². The molecule has 0 bridgehead atoms. The second-order valence-electron chi connectivity index (χ2n) is 1.19. The molecule has 0 aliphatic rings. The Bertz CT molecular complexity index is 126. The first-order valence-electron chi connectivity index (χ1n) is 2.14. The van der Waals surface area contributed by atoms with Crippen LogP contribution in [0.25, 0.3) is 0 Å². The van der Waals surface area contributed by atoms with Gasteiger partial charge in [-0.1, -0.05) is 0 Å². The normalized spacial score (nSPS) is 12.4. The van der Waals surface area contributed by atoms with Gasteiger partial charge in [-0.2, -0.15) is 0 Å². The molecule has 0 aliphatic carbocycles. The number of rotatable bonds is 2. The molecule has 0 aromatic carbocycles. The smallest absolute Gasteiger partial charge is 0.165 e. The van der Waals surface area contributed by atoms with Crippen LogP contribution in [-0.4, -0.2) is 19.5 Å². The van der Waals surface area contributed by atoms with Crippen molar-refractivity contribution in [3.05, 3.63) is 11.8 Å². The molecule has 0 saturated heterocycles. The molecule has 0 heterocycles. The summed E-state index contributed by atoms with van der Waals surface area (Å²) in [6.07, 6.45) is 3.47. The highest BCUT2D eigenvalue weighted by Crippen LogP contribution is 1.70. The van der Waals surface area contributed by atoms with Crippen LogP contribution in [0.5, 0.6) is 0 Å². The maximum atomic E-state index is 9.76. The summed E-state index contributed by atoms with van der Waals surface area (Å²) in [6, 6.07) is 0. The minimum Gasteiger partial charge on any atom is -0.396 e. The van der Waals surface area contributed by atoms with Gasteiger partial charge in [-0.05, 0) is 6.08 Å². The maximum absolute atomic E-state index is 9.76. The van der Waals surface area contributed by atoms with Crippen molar-refractivity contribution >= 4 is 12.5 Å². The molecule has 0 aliphatic heterocycles. The number of carbonyl (C=O) groups excluding carboxylic acids is 1. The zero-order chi connectivity index (χ0) is 6.41. The summed E-state index contributed by atoms with van der Waals surface area (Å²) in [7, 11) is 1.61. The molecule has 2 N–H and O–H groups in total. The maximum Gasteiger partial charge on any atom is 0.165 e. The number of aliphatic imine (C=N–C) groups is 1. The molecule has 3 heteroatoms. The van der Waals surface area contributed by atoms with Gasteiger partial charge in [0.15, 0.2) is 6.29 Å². The zero-order valence-corrected chi connectivity index (χ0v) is 4.66. The number of aldehydes is 1. The Morgan fingerprint density at radius 1 is 1.75 bits per heavy atom. The van der Waals surface area contributed by atoms with Gasteiger partial charge in [-0.3, -0.25) is 9.79 Å². The Hall–Kier alpha value is -1.12. The van der Waals surface area contributed by atoms with Gasteiger partial charge in [0.25, 0.3) is 0 Å². The minimum absolute atomic E-state index is 0.190. The van der Waals surface area contributed by atoms with Crippen molar-refractivity contribution in [2.45, 2.75) is 0 Å². The third kappa shape index (κ3) is 3.08. The third-order valence-corrected chi connectivity index (χ3v) is 0.552. The number of nitrogens with zero attached hydrogens (tertiary/aromatic N) is 1. The number of allylic oxidation sites excluding steroid dienone is 2. The molecule has 0 amide bonds. The van der Waals surface area contributed by atoms with Crippen LogP contribution in [0, 0.1) is 0 Å². The summed E-state index contributed by atoms with van der Waals surface area (Å²) >= 11 is 0. The summed E-state index contributed by atoms with van der Waals surface area (Å²) in [4.78, 5) is 13.3. The predicted octanol–water partition coefficient (Wildman–Crippen LogP) is -0.272. The molecule has 0 unspecified atom stereocenters. The first kappa shape index (κ1) is 6.88. The van der Waals surface area contributed by atoms with E-state index in [-0.39, 0.29) is 5.70 Å². The lowest BCUT2D eigenvalue weighted by Gasteiger charge is -1.78. The van der Waals surface area contributed by atoms with Crippen molar-refractivity contribution < 1.29 is 4.79 Å². The predicted molar refractivity (Wildman–Crippen MR) is 32.8 cm³/mol. The van der Waals surface area contributed by atoms with Crippen LogP contribution in [0.1, 0.15) is 0 Å². The second kappa shape index (κ2) is 4.05. The van der Waals surface area contributed by atoms with Gasteiger partial charge in [0.1, 0.15) is 0 Å². The van der Waals surface area contributed by atoms with Gasteiger partial charge in [0.05, 0.1) is 5.70 Å². The topological polar surface area (TPSA) is 55.4 Å². The molecule has 0 rings (SSSR count). The van der Waals surface area contributed by atoms with E-state index in [0.717, 1.165) is 0 Å². The summed E-state index contributed by atoms with van der Waals surface area (Å²) in [5.41, 5.74) is 5.25. The average Bonchev–Trinajstić information content (AvgIpc) is 1.83. The molecular weight excluding hydrogens is 104 g/mol. The Kier molecular flexibility index (Phi) is 3.48. The Labute approximate surface area is 47.9 Å². The number of carbonyl (C=O) groups is 1. The van der Waals surface area contributed by atoms with Crippen LogP contribution in [0.3, 0.4) is 0 Å². The van der Waals surface area contributed by atoms with E-state index in [0.29, 0.717) is 6.29 Å². The van der Waals surface area contributed by atoms with Gasteiger partial charge in [-0.15, -0.1) is 0 Å². The fourth-order valence-corrected chi connectivity index (χ4v) is 0.200. The lowest BCUT2D eigenvalue weighted by atomic mass is 10.5. The van der Waals surface area contributed by atoms with Crippen LogP contribution in [0.15, 0.2) is 16.8 Å². The van der Waals surface area contributed by atoms with E-state index in [4.69, 9.17) is 5.73 Å². The molecule has 0 radical (unpaired) electrons. The molecule has 8 heavy (non-hydrogen) atoms. The van der Waals surface area contributed by atoms with E-state index in [1.54, 1.807) is 7.05 Å². The Balaban J connectivity index is 3.74. The average molecular weight is 112 g/mol. The summed E-state index contributed by atoms with van der Waals surface area (Å²) in [5.74, 6) is 0. The van der Waals surface area contributed by atoms with E-state index in [1.807, 2.05) is 0 Å². The molecular formula is C5H8N2O. The van der Waals surface area contributed by atoms with Crippen molar-refractivity contribution in [3.8, 4) is 0 Å². The van der Waals surface area contributed by atoms with Crippen LogP contribution < -0.4 is 5.73 Å². The van der Waals surface area contributed by atoms with Gasteiger partial charge in [0, 0.05) is 13.3 Å². The van der Waals surface area contributed by atoms with Crippen LogP contribution in [0.2, 0.25) is 0 Å². The van der Waals surface area contributed by atoms with Gasteiger partial charge in [-0.25, -0.2) is 0 Å². The molecule has 44 valence electrons. The number of hydrogen-bond acceptors (Lipinski definition) is 3. The molecule has 0 atom stereocenters. The number of hydrogen-bond donors (Lipinski definition) is 1. The highest BCUT2D eigenvalue weighted by Gasteiger charge is 1.76. The largest absolute Gasteiger partial charge is 0.396 e. The van der Waals surface area contributed by atoms with E-state index in [1.165, 1.54) is 12.3 Å². The van der Waals surface area contributed by atoms with Crippen molar-refractivity contribution in [2.24, 2.45) is 10.7 Å². The highest BCUT2D eigenvalue weighted by molar-refractivity contribution is 5.82. The Morgan fingerprint density at radius 2 is 2.38 bits per heavy atom. The Morgan fingerprint density at radius 3 is 2.75 bits per heavy atom. The molecule has 0 saturated carbocycles. The summed E-state index contributed by atoms with van der Waals surface area (Å²) in [6.45, 7) is 0. The van der Waals surface area contributed by atoms with Crippen LogP contribution in [0.4, 0.5) is 0 Å². The van der Waals surface area contributed by atoms with Gasteiger partial charge < -0.3 is 5.73 Å². The van der Waals surface area contributed by atoms with Crippen molar-refractivity contribution in [2.75, 3.05) is 7.05 Å². The van der Waals surface area contributed by atoms with Gasteiger partial charge in [0.2, 0.25) is 0 Å². The monoisotopic (exact) mass is 112 g/mol. The lowest BCUT2D eigenvalue weighted by molar-refractivity contribution is -0.104. The molecule has 3 nitrogen and oxygen atoms in total. The minimum atomic E-state index is 0.190. The van der Waals surface area contributed by atoms with Crippen LogP contribution >= 0.6 is 0 Å². The van der Waals surface area contributed by atoms with Crippen molar-refractivity contribution in [1.82, 2.24) is 0 Å². The highest BCUT2D eigenvalue weighted by atomic mass is 16.1. The van der Waals surface area contributed by atoms with Gasteiger partial charge >= 0.3 is 0 Å². The quantitative estimate of drug-likeness (QED) is 0.303. The lowest BCUT2D eigenvalue weighted by Crippen LogP contribution is -1.97. The standard InChI is InChI=1S/C5H8N2O/c1-7-3-2-5(6)4-8/h2-4H,6H2,1H3. The molecule has 0 aromatic rings. The van der Waals surface area contributed by atoms with E-state index in [9.17, 15) is 4.79 Å². The number of nitrogens with two attached hydrogens (primary N) is 1. The first-order valence-corrected chi connectivity index (χ1v) is 2.14. The molecule has 0 fully saturated rings. The summed E-state index contributed by atoms with van der Waals surface area (Å²) in [5, 5.41) is 0. The summed E-state index contributed by atoms with van der Waals surface area (Å²) < 4.78 is 0.